The van der Waals surface area contributed by atoms with E-state index in [4.69, 9.17) is 0 Å². The first kappa shape index (κ1) is 11.7. The van der Waals surface area contributed by atoms with E-state index in [1.165, 1.54) is 11.3 Å². The third-order valence-corrected chi connectivity index (χ3v) is 5.04. The first-order valence-electron chi connectivity index (χ1n) is 6.18. The van der Waals surface area contributed by atoms with E-state index in [2.05, 4.69) is 0 Å². The lowest BCUT2D eigenvalue weighted by atomic mass is 9.81. The predicted molar refractivity (Wildman–Crippen MR) is 67.6 cm³/mol. The fraction of sp³-hybridized carbons (Fsp3) is 0.538. The van der Waals surface area contributed by atoms with Crippen molar-refractivity contribution in [1.29, 1.82) is 0 Å². The zero-order valence-corrected chi connectivity index (χ0v) is 10.8. The topological polar surface area (TPSA) is 57.6 Å². The molecule has 1 N–H and O–H groups in total. The number of aliphatic carboxylic acids is 1. The molecule has 1 aliphatic heterocycles. The van der Waals surface area contributed by atoms with Crippen LogP contribution in [0.5, 0.6) is 0 Å². The lowest BCUT2D eigenvalue weighted by Gasteiger charge is -2.23. The number of likely N-dealkylation sites (tertiary alicyclic amines) is 1. The van der Waals surface area contributed by atoms with Crippen LogP contribution in [0.2, 0.25) is 0 Å². The number of rotatable bonds is 2. The second-order valence-electron chi connectivity index (χ2n) is 5.25. The molecule has 1 saturated carbocycles. The van der Waals surface area contributed by atoms with Crippen LogP contribution in [0.25, 0.3) is 0 Å². The summed E-state index contributed by atoms with van der Waals surface area (Å²) in [6.07, 6.45) is 2.61. The van der Waals surface area contributed by atoms with Gasteiger partial charge in [-0.15, -0.1) is 0 Å². The number of fused-ring (bicyclic) bond motifs is 1. The standard InChI is InChI=1S/C13H15NO3S/c15-11(9-3-5-18-7-9)14-6-10-2-1-4-13(10,8-14)12(16)17/h3,5,7,10H,1-2,4,6,8H2,(H,16,17)/t10-,13+/m0/s1. The van der Waals surface area contributed by atoms with E-state index >= 15 is 0 Å². The molecule has 5 heteroatoms. The molecular weight excluding hydrogens is 250 g/mol. The molecule has 2 atom stereocenters. The molecule has 0 bridgehead atoms. The summed E-state index contributed by atoms with van der Waals surface area (Å²) in [6, 6.07) is 1.80. The van der Waals surface area contributed by atoms with E-state index in [0.717, 1.165) is 12.8 Å². The second kappa shape index (κ2) is 4.09. The Labute approximate surface area is 109 Å². The quantitative estimate of drug-likeness (QED) is 0.890. The van der Waals surface area contributed by atoms with Crippen molar-refractivity contribution in [1.82, 2.24) is 4.90 Å². The van der Waals surface area contributed by atoms with Crippen LogP contribution >= 0.6 is 11.3 Å². The minimum Gasteiger partial charge on any atom is -0.481 e. The highest BCUT2D eigenvalue weighted by Gasteiger charge is 2.55. The van der Waals surface area contributed by atoms with Crippen molar-refractivity contribution in [2.75, 3.05) is 13.1 Å². The first-order chi connectivity index (χ1) is 8.63. The molecule has 2 aliphatic rings. The van der Waals surface area contributed by atoms with Crippen LogP contribution in [0.3, 0.4) is 0 Å². The zero-order valence-electron chi connectivity index (χ0n) is 9.96. The molecule has 1 saturated heterocycles. The van der Waals surface area contributed by atoms with Crippen molar-refractivity contribution < 1.29 is 14.7 Å². The maximum atomic E-state index is 12.2. The van der Waals surface area contributed by atoms with Crippen molar-refractivity contribution in [3.05, 3.63) is 22.4 Å². The van der Waals surface area contributed by atoms with Crippen LogP contribution in [0.15, 0.2) is 16.8 Å². The number of thiophene rings is 1. The van der Waals surface area contributed by atoms with Crippen molar-refractivity contribution in [2.45, 2.75) is 19.3 Å². The molecule has 0 radical (unpaired) electrons. The van der Waals surface area contributed by atoms with E-state index in [9.17, 15) is 14.7 Å². The average Bonchev–Trinajstić information content (AvgIpc) is 3.03. The van der Waals surface area contributed by atoms with Gasteiger partial charge in [0.05, 0.1) is 11.0 Å². The van der Waals surface area contributed by atoms with Crippen LogP contribution in [0.4, 0.5) is 0 Å². The van der Waals surface area contributed by atoms with E-state index in [1.807, 2.05) is 10.8 Å². The number of carbonyl (C=O) groups excluding carboxylic acids is 1. The Bertz CT molecular complexity index is 484. The molecule has 1 aromatic heterocycles. The van der Waals surface area contributed by atoms with Gasteiger partial charge in [-0.25, -0.2) is 0 Å². The van der Waals surface area contributed by atoms with E-state index in [-0.39, 0.29) is 11.8 Å². The summed E-state index contributed by atoms with van der Waals surface area (Å²) in [5.41, 5.74) is 0.00611. The van der Waals surface area contributed by atoms with Crippen LogP contribution in [0.1, 0.15) is 29.6 Å². The number of hydrogen-bond acceptors (Lipinski definition) is 3. The summed E-state index contributed by atoms with van der Waals surface area (Å²) in [5, 5.41) is 13.2. The minimum atomic E-state index is -0.731. The monoisotopic (exact) mass is 265 g/mol. The zero-order chi connectivity index (χ0) is 12.8. The van der Waals surface area contributed by atoms with Gasteiger partial charge in [0.25, 0.3) is 5.91 Å². The Balaban J connectivity index is 1.83. The SMILES string of the molecule is O=C(c1ccsc1)N1C[C@@H]2CCC[C@@]2(C(=O)O)C1. The van der Waals surface area contributed by atoms with Crippen molar-refractivity contribution >= 4 is 23.2 Å². The summed E-state index contributed by atoms with van der Waals surface area (Å²) >= 11 is 1.49. The van der Waals surface area contributed by atoms with Gasteiger partial charge in [0.2, 0.25) is 0 Å². The Hall–Kier alpha value is -1.36. The Morgan fingerprint density at radius 2 is 2.33 bits per heavy atom. The van der Waals surface area contributed by atoms with Gasteiger partial charge in [0, 0.05) is 18.5 Å². The summed E-state index contributed by atoms with van der Waals surface area (Å²) in [6.45, 7) is 0.975. The molecular formula is C13H15NO3S. The van der Waals surface area contributed by atoms with Gasteiger partial charge < -0.3 is 10.0 Å². The number of carboxylic acid groups (broad SMARTS) is 1. The average molecular weight is 265 g/mol. The summed E-state index contributed by atoms with van der Waals surface area (Å²) in [4.78, 5) is 25.5. The summed E-state index contributed by atoms with van der Waals surface area (Å²) in [5.74, 6) is -0.616. The highest BCUT2D eigenvalue weighted by Crippen LogP contribution is 2.49. The van der Waals surface area contributed by atoms with Gasteiger partial charge in [-0.05, 0) is 30.2 Å². The third-order valence-electron chi connectivity index (χ3n) is 4.35. The number of nitrogens with zero attached hydrogens (tertiary/aromatic N) is 1. The molecule has 2 fully saturated rings. The van der Waals surface area contributed by atoms with Crippen molar-refractivity contribution in [3.63, 3.8) is 0 Å². The molecule has 2 heterocycles. The van der Waals surface area contributed by atoms with E-state index in [0.29, 0.717) is 25.1 Å². The minimum absolute atomic E-state index is 0.0220. The molecule has 0 aromatic carbocycles. The Kier molecular flexibility index (Phi) is 2.66. The van der Waals surface area contributed by atoms with Gasteiger partial charge in [0.1, 0.15) is 0 Å². The molecule has 1 aliphatic carbocycles. The van der Waals surface area contributed by atoms with Gasteiger partial charge in [-0.3, -0.25) is 9.59 Å². The fourth-order valence-electron chi connectivity index (χ4n) is 3.36. The van der Waals surface area contributed by atoms with Crippen LogP contribution in [-0.2, 0) is 4.79 Å². The first-order valence-corrected chi connectivity index (χ1v) is 7.13. The number of hydrogen-bond donors (Lipinski definition) is 1. The molecule has 96 valence electrons. The normalized spacial score (nSPS) is 30.4. The summed E-state index contributed by atoms with van der Waals surface area (Å²) < 4.78 is 0. The third kappa shape index (κ3) is 1.57. The summed E-state index contributed by atoms with van der Waals surface area (Å²) in [7, 11) is 0. The smallest absolute Gasteiger partial charge is 0.311 e. The van der Waals surface area contributed by atoms with Crippen molar-refractivity contribution in [3.8, 4) is 0 Å². The fourth-order valence-corrected chi connectivity index (χ4v) is 3.99. The molecule has 1 amide bonds. The largest absolute Gasteiger partial charge is 0.481 e. The maximum Gasteiger partial charge on any atom is 0.311 e. The van der Waals surface area contributed by atoms with Crippen LogP contribution < -0.4 is 0 Å². The number of carboxylic acids is 1. The molecule has 0 unspecified atom stereocenters. The number of carbonyl (C=O) groups is 2. The molecule has 1 aromatic rings. The predicted octanol–water partition coefficient (Wildman–Crippen LogP) is 2.08. The van der Waals surface area contributed by atoms with Gasteiger partial charge in [-0.2, -0.15) is 11.3 Å². The molecule has 3 rings (SSSR count). The molecule has 4 nitrogen and oxygen atoms in total. The van der Waals surface area contributed by atoms with E-state index in [1.54, 1.807) is 11.0 Å². The highest BCUT2D eigenvalue weighted by molar-refractivity contribution is 7.08. The lowest BCUT2D eigenvalue weighted by Crippen LogP contribution is -2.37. The van der Waals surface area contributed by atoms with Crippen molar-refractivity contribution in [2.24, 2.45) is 11.3 Å². The van der Waals surface area contributed by atoms with Crippen LogP contribution in [0, 0.1) is 11.3 Å². The lowest BCUT2D eigenvalue weighted by molar-refractivity contribution is -0.149. The van der Waals surface area contributed by atoms with E-state index < -0.39 is 11.4 Å². The Morgan fingerprint density at radius 1 is 1.50 bits per heavy atom. The highest BCUT2D eigenvalue weighted by atomic mass is 32.1. The maximum absolute atomic E-state index is 12.2. The Morgan fingerprint density at radius 3 is 2.94 bits per heavy atom. The van der Waals surface area contributed by atoms with Crippen LogP contribution in [-0.4, -0.2) is 35.0 Å². The molecule has 0 spiro atoms. The number of amides is 1. The van der Waals surface area contributed by atoms with Gasteiger partial charge >= 0.3 is 5.97 Å². The van der Waals surface area contributed by atoms with Gasteiger partial charge in [0.15, 0.2) is 0 Å². The molecule has 18 heavy (non-hydrogen) atoms. The van der Waals surface area contributed by atoms with Gasteiger partial charge in [-0.1, -0.05) is 6.42 Å². The second-order valence-corrected chi connectivity index (χ2v) is 6.03.